The smallest absolute Gasteiger partial charge is 0.145 e. The fourth-order valence-electron chi connectivity index (χ4n) is 6.71. The topological polar surface area (TPSA) is 22.8 Å². The lowest BCUT2D eigenvalue weighted by molar-refractivity contribution is 1.10. The molecule has 9 rings (SSSR count). The Kier molecular flexibility index (Phi) is 4.90. The highest BCUT2D eigenvalue weighted by Crippen LogP contribution is 2.42. The molecule has 0 fully saturated rings. The van der Waals surface area contributed by atoms with Crippen LogP contribution in [0.1, 0.15) is 0 Å². The number of rotatable bonds is 3. The van der Waals surface area contributed by atoms with Crippen LogP contribution in [0.2, 0.25) is 0 Å². The first-order valence-electron chi connectivity index (χ1n) is 14.3. The molecule has 196 valence electrons. The molecule has 0 aliphatic rings. The van der Waals surface area contributed by atoms with Gasteiger partial charge in [0.15, 0.2) is 0 Å². The van der Waals surface area contributed by atoms with Gasteiger partial charge in [-0.1, -0.05) is 97.1 Å². The van der Waals surface area contributed by atoms with Gasteiger partial charge in [0.05, 0.1) is 22.1 Å². The molecule has 3 heteroatoms. The molecular weight excluding hydrogens is 510 g/mol. The van der Waals surface area contributed by atoms with Gasteiger partial charge in [-0.3, -0.25) is 4.57 Å². The fourth-order valence-corrected chi connectivity index (χ4v) is 6.71. The zero-order valence-electron chi connectivity index (χ0n) is 22.8. The summed E-state index contributed by atoms with van der Waals surface area (Å²) in [6.07, 6.45) is 0. The maximum absolute atomic E-state index is 5.08. The number of aromatic nitrogens is 3. The van der Waals surface area contributed by atoms with Gasteiger partial charge < -0.3 is 4.57 Å². The van der Waals surface area contributed by atoms with Gasteiger partial charge in [0, 0.05) is 33.1 Å². The lowest BCUT2D eigenvalue weighted by Crippen LogP contribution is -1.98. The third-order valence-corrected chi connectivity index (χ3v) is 8.50. The van der Waals surface area contributed by atoms with E-state index >= 15 is 0 Å². The Morgan fingerprint density at radius 1 is 0.381 bits per heavy atom. The Labute approximate surface area is 242 Å². The highest BCUT2D eigenvalue weighted by atomic mass is 15.1. The highest BCUT2D eigenvalue weighted by molar-refractivity contribution is 6.32. The first kappa shape index (κ1) is 23.1. The molecule has 0 aliphatic heterocycles. The van der Waals surface area contributed by atoms with Crippen LogP contribution < -0.4 is 0 Å². The Hall–Kier alpha value is -5.67. The van der Waals surface area contributed by atoms with Crippen LogP contribution in [0.5, 0.6) is 0 Å². The van der Waals surface area contributed by atoms with E-state index in [1.807, 2.05) is 6.07 Å². The third kappa shape index (κ3) is 3.25. The van der Waals surface area contributed by atoms with E-state index in [0.29, 0.717) is 0 Å². The molecule has 0 bridgehead atoms. The average molecular weight is 536 g/mol. The van der Waals surface area contributed by atoms with Crippen LogP contribution in [0.3, 0.4) is 0 Å². The van der Waals surface area contributed by atoms with Crippen molar-refractivity contribution in [2.24, 2.45) is 0 Å². The van der Waals surface area contributed by atoms with Crippen molar-refractivity contribution in [1.29, 1.82) is 0 Å². The summed E-state index contributed by atoms with van der Waals surface area (Å²) in [4.78, 5) is 5.08. The molecule has 0 unspecified atom stereocenters. The molecule has 2 heterocycles. The molecule has 0 saturated heterocycles. The molecule has 0 spiro atoms. The minimum absolute atomic E-state index is 0.938. The van der Waals surface area contributed by atoms with Gasteiger partial charge in [0.1, 0.15) is 5.82 Å². The largest absolute Gasteiger partial charge is 0.309 e. The highest BCUT2D eigenvalue weighted by Gasteiger charge is 2.19. The second kappa shape index (κ2) is 8.92. The number of para-hydroxylation sites is 4. The summed E-state index contributed by atoms with van der Waals surface area (Å²) in [6, 6.07) is 54.1. The summed E-state index contributed by atoms with van der Waals surface area (Å²) in [5.41, 5.74) is 7.85. The summed E-state index contributed by atoms with van der Waals surface area (Å²) in [5, 5.41) is 7.68. The zero-order valence-corrected chi connectivity index (χ0v) is 22.8. The van der Waals surface area contributed by atoms with Crippen LogP contribution in [0.25, 0.3) is 77.1 Å². The monoisotopic (exact) mass is 535 g/mol. The van der Waals surface area contributed by atoms with Crippen molar-refractivity contribution >= 4 is 54.4 Å². The number of hydrogen-bond acceptors (Lipinski definition) is 1. The van der Waals surface area contributed by atoms with Gasteiger partial charge in [0.25, 0.3) is 0 Å². The number of nitrogens with zero attached hydrogens (tertiary/aromatic N) is 3. The van der Waals surface area contributed by atoms with Crippen molar-refractivity contribution in [3.63, 3.8) is 0 Å². The standard InChI is InChI=1S/C39H25N3/c1-2-12-27(13-3-1)42-36-21-11-9-19-34(36)40-39(42)26-22-24-28(25-23-26)41-35-20-10-8-18-33(35)37-31-16-6-4-14-29(31)30-15-5-7-17-32(30)38(37)41/h1-25H. The summed E-state index contributed by atoms with van der Waals surface area (Å²) >= 11 is 0. The van der Waals surface area contributed by atoms with Crippen LogP contribution in [-0.2, 0) is 0 Å². The SMILES string of the molecule is c1ccc(-n2c(-c3ccc(-n4c5ccccc5c5c6ccccc6c6ccccc6c54)cc3)nc3ccccc32)cc1. The van der Waals surface area contributed by atoms with Gasteiger partial charge in [-0.2, -0.15) is 0 Å². The van der Waals surface area contributed by atoms with Crippen LogP contribution >= 0.6 is 0 Å². The van der Waals surface area contributed by atoms with Crippen molar-refractivity contribution < 1.29 is 0 Å². The molecule has 42 heavy (non-hydrogen) atoms. The van der Waals surface area contributed by atoms with Crippen molar-refractivity contribution in [3.05, 3.63) is 152 Å². The van der Waals surface area contributed by atoms with Gasteiger partial charge in [0.2, 0.25) is 0 Å². The van der Waals surface area contributed by atoms with Crippen molar-refractivity contribution in [2.75, 3.05) is 0 Å². The van der Waals surface area contributed by atoms with Gasteiger partial charge in [-0.15, -0.1) is 0 Å². The molecule has 0 radical (unpaired) electrons. The Morgan fingerprint density at radius 3 is 1.69 bits per heavy atom. The maximum Gasteiger partial charge on any atom is 0.145 e. The third-order valence-electron chi connectivity index (χ3n) is 8.50. The zero-order chi connectivity index (χ0) is 27.6. The predicted octanol–water partition coefficient (Wildman–Crippen LogP) is 10.1. The van der Waals surface area contributed by atoms with E-state index in [2.05, 4.69) is 155 Å². The van der Waals surface area contributed by atoms with Crippen LogP contribution in [0.15, 0.2) is 152 Å². The quantitative estimate of drug-likeness (QED) is 0.206. The van der Waals surface area contributed by atoms with Gasteiger partial charge in [-0.05, 0) is 70.8 Å². The lowest BCUT2D eigenvalue weighted by atomic mass is 9.97. The Morgan fingerprint density at radius 2 is 0.929 bits per heavy atom. The van der Waals surface area contributed by atoms with E-state index in [1.165, 1.54) is 43.4 Å². The molecule has 0 aliphatic carbocycles. The van der Waals surface area contributed by atoms with E-state index < -0.39 is 0 Å². The number of fused-ring (bicyclic) bond motifs is 9. The molecule has 0 saturated carbocycles. The first-order valence-corrected chi connectivity index (χ1v) is 14.3. The number of hydrogen-bond donors (Lipinski definition) is 0. The Bertz CT molecular complexity index is 2450. The van der Waals surface area contributed by atoms with Crippen molar-refractivity contribution in [3.8, 4) is 22.8 Å². The molecule has 7 aromatic carbocycles. The van der Waals surface area contributed by atoms with E-state index in [4.69, 9.17) is 4.98 Å². The van der Waals surface area contributed by atoms with E-state index in [9.17, 15) is 0 Å². The molecule has 9 aromatic rings. The molecule has 0 amide bonds. The van der Waals surface area contributed by atoms with Crippen LogP contribution in [0, 0.1) is 0 Å². The number of imidazole rings is 1. The second-order valence-electron chi connectivity index (χ2n) is 10.8. The van der Waals surface area contributed by atoms with Crippen LogP contribution in [-0.4, -0.2) is 14.1 Å². The first-order chi connectivity index (χ1) is 20.9. The number of benzene rings is 7. The van der Waals surface area contributed by atoms with Crippen molar-refractivity contribution in [2.45, 2.75) is 0 Å². The summed E-state index contributed by atoms with van der Waals surface area (Å²) in [6.45, 7) is 0. The predicted molar refractivity (Wildman–Crippen MR) is 176 cm³/mol. The van der Waals surface area contributed by atoms with E-state index in [0.717, 1.165) is 33.8 Å². The fraction of sp³-hybridized carbons (Fsp3) is 0. The lowest BCUT2D eigenvalue weighted by Gasteiger charge is -2.13. The van der Waals surface area contributed by atoms with Crippen LogP contribution in [0.4, 0.5) is 0 Å². The molecule has 0 N–H and O–H groups in total. The average Bonchev–Trinajstić information content (AvgIpc) is 3.62. The van der Waals surface area contributed by atoms with Gasteiger partial charge >= 0.3 is 0 Å². The Balaban J connectivity index is 1.32. The molecule has 0 atom stereocenters. The van der Waals surface area contributed by atoms with Gasteiger partial charge in [-0.25, -0.2) is 4.98 Å². The van der Waals surface area contributed by atoms with Crippen molar-refractivity contribution in [1.82, 2.24) is 14.1 Å². The molecule has 3 nitrogen and oxygen atoms in total. The minimum Gasteiger partial charge on any atom is -0.309 e. The minimum atomic E-state index is 0.938. The molecule has 2 aromatic heterocycles. The summed E-state index contributed by atoms with van der Waals surface area (Å²) in [5.74, 6) is 0.938. The summed E-state index contributed by atoms with van der Waals surface area (Å²) in [7, 11) is 0. The second-order valence-corrected chi connectivity index (χ2v) is 10.8. The van der Waals surface area contributed by atoms with E-state index in [1.54, 1.807) is 0 Å². The van der Waals surface area contributed by atoms with E-state index in [-0.39, 0.29) is 0 Å². The maximum atomic E-state index is 5.08. The summed E-state index contributed by atoms with van der Waals surface area (Å²) < 4.78 is 4.69. The molecular formula is C39H25N3. The normalized spacial score (nSPS) is 11.8.